The van der Waals surface area contributed by atoms with E-state index in [-0.39, 0.29) is 18.5 Å². The fourth-order valence-electron chi connectivity index (χ4n) is 4.06. The number of amides is 1. The summed E-state index contributed by atoms with van der Waals surface area (Å²) < 4.78 is 38.4. The van der Waals surface area contributed by atoms with E-state index in [9.17, 15) is 18.0 Å². The summed E-state index contributed by atoms with van der Waals surface area (Å²) in [4.78, 5) is 12.0. The van der Waals surface area contributed by atoms with Crippen molar-refractivity contribution in [2.75, 3.05) is 0 Å². The molecule has 2 aliphatic carbocycles. The highest BCUT2D eigenvalue weighted by Gasteiger charge is 2.42. The molecule has 0 spiro atoms. The lowest BCUT2D eigenvalue weighted by molar-refractivity contribution is -0.141. The number of fused-ring (bicyclic) bond motifs is 2. The number of rotatable bonds is 4. The minimum Gasteiger partial charge on any atom is -0.352 e. The van der Waals surface area contributed by atoms with Crippen LogP contribution in [0.1, 0.15) is 38.3 Å². The van der Waals surface area contributed by atoms with Gasteiger partial charge in [0.05, 0.1) is 0 Å². The van der Waals surface area contributed by atoms with Crippen molar-refractivity contribution >= 4 is 5.91 Å². The van der Waals surface area contributed by atoms with Crippen molar-refractivity contribution in [3.05, 3.63) is 18.0 Å². The molecule has 1 aromatic rings. The molecule has 0 unspecified atom stereocenters. The van der Waals surface area contributed by atoms with Crippen LogP contribution in [0.3, 0.4) is 0 Å². The smallest absolute Gasteiger partial charge is 0.352 e. The van der Waals surface area contributed by atoms with E-state index < -0.39 is 11.9 Å². The normalized spacial score (nSPS) is 28.8. The van der Waals surface area contributed by atoms with Crippen molar-refractivity contribution in [3.63, 3.8) is 0 Å². The molecule has 0 radical (unpaired) electrons. The number of aromatic nitrogens is 2. The third-order valence-electron chi connectivity index (χ3n) is 5.06. The van der Waals surface area contributed by atoms with Gasteiger partial charge in [0, 0.05) is 12.2 Å². The van der Waals surface area contributed by atoms with Crippen molar-refractivity contribution in [1.82, 2.24) is 15.1 Å². The van der Waals surface area contributed by atoms with E-state index in [0.717, 1.165) is 23.1 Å². The Balaban J connectivity index is 1.53. The maximum Gasteiger partial charge on any atom is 0.435 e. The van der Waals surface area contributed by atoms with Gasteiger partial charge in [-0.25, -0.2) is 0 Å². The molecule has 2 saturated carbocycles. The molecule has 2 fully saturated rings. The highest BCUT2D eigenvalue weighted by molar-refractivity contribution is 5.75. The van der Waals surface area contributed by atoms with Gasteiger partial charge in [0.25, 0.3) is 0 Å². The van der Waals surface area contributed by atoms with Crippen LogP contribution in [0.15, 0.2) is 12.3 Å². The Morgan fingerprint density at radius 1 is 1.45 bits per heavy atom. The Bertz CT molecular complexity index is 554. The molecule has 1 aromatic heterocycles. The van der Waals surface area contributed by atoms with Gasteiger partial charge in [0.1, 0.15) is 6.54 Å². The first-order chi connectivity index (χ1) is 10.3. The number of carbonyl (C=O) groups excluding carboxylic acids is 1. The lowest BCUT2D eigenvalue weighted by Crippen LogP contribution is -2.41. The SMILES string of the molecule is C[C@H](NC(=O)Cn1ccc(C(F)(F)F)n1)[C@@H]1C[C@H]2CC[C@H]1C2. The maximum atomic E-state index is 12.5. The van der Waals surface area contributed by atoms with Gasteiger partial charge in [-0.3, -0.25) is 9.48 Å². The molecular weight excluding hydrogens is 295 g/mol. The van der Waals surface area contributed by atoms with Crippen molar-refractivity contribution in [1.29, 1.82) is 0 Å². The number of halogens is 3. The number of nitrogens with one attached hydrogen (secondary N) is 1. The van der Waals surface area contributed by atoms with Gasteiger partial charge in [-0.2, -0.15) is 18.3 Å². The van der Waals surface area contributed by atoms with Gasteiger partial charge < -0.3 is 5.32 Å². The van der Waals surface area contributed by atoms with E-state index >= 15 is 0 Å². The molecule has 4 nitrogen and oxygen atoms in total. The number of carbonyl (C=O) groups is 1. The first-order valence-corrected chi connectivity index (χ1v) is 7.73. The van der Waals surface area contributed by atoms with Gasteiger partial charge in [0.2, 0.25) is 5.91 Å². The van der Waals surface area contributed by atoms with Crippen LogP contribution in [0.2, 0.25) is 0 Å². The van der Waals surface area contributed by atoms with E-state index in [2.05, 4.69) is 10.4 Å². The van der Waals surface area contributed by atoms with Crippen molar-refractivity contribution in [2.24, 2.45) is 17.8 Å². The summed E-state index contributed by atoms with van der Waals surface area (Å²) in [5.41, 5.74) is -0.971. The zero-order valence-electron chi connectivity index (χ0n) is 12.4. The van der Waals surface area contributed by atoms with Gasteiger partial charge in [-0.15, -0.1) is 0 Å². The standard InChI is InChI=1S/C15H20F3N3O/c1-9(12-7-10-2-3-11(12)6-10)19-14(22)8-21-5-4-13(20-21)15(16,17)18/h4-5,9-12H,2-3,6-8H2,1H3,(H,19,22)/t9-,10-,11-,12-/m0/s1. The van der Waals surface area contributed by atoms with E-state index in [1.807, 2.05) is 6.92 Å². The van der Waals surface area contributed by atoms with Gasteiger partial charge in [0.15, 0.2) is 5.69 Å². The summed E-state index contributed by atoms with van der Waals surface area (Å²) in [5, 5.41) is 6.32. The summed E-state index contributed by atoms with van der Waals surface area (Å²) in [7, 11) is 0. The fourth-order valence-corrected chi connectivity index (χ4v) is 4.06. The molecule has 3 rings (SSSR count). The van der Waals surface area contributed by atoms with Gasteiger partial charge in [-0.1, -0.05) is 6.42 Å². The monoisotopic (exact) mass is 315 g/mol. The molecule has 1 N–H and O–H groups in total. The number of nitrogens with zero attached hydrogens (tertiary/aromatic N) is 2. The molecule has 1 amide bonds. The van der Waals surface area contributed by atoms with Crippen molar-refractivity contribution in [2.45, 2.75) is 51.4 Å². The van der Waals surface area contributed by atoms with Crippen LogP contribution in [0, 0.1) is 17.8 Å². The average molecular weight is 315 g/mol. The molecule has 0 saturated heterocycles. The predicted molar refractivity (Wildman–Crippen MR) is 73.8 cm³/mol. The summed E-state index contributed by atoms with van der Waals surface area (Å²) in [6.45, 7) is 1.81. The van der Waals surface area contributed by atoms with Crippen LogP contribution >= 0.6 is 0 Å². The van der Waals surface area contributed by atoms with Crippen molar-refractivity contribution in [3.8, 4) is 0 Å². The van der Waals surface area contributed by atoms with Crippen LogP contribution in [0.25, 0.3) is 0 Å². The largest absolute Gasteiger partial charge is 0.435 e. The topological polar surface area (TPSA) is 46.9 Å². The van der Waals surface area contributed by atoms with Crippen LogP contribution in [0.5, 0.6) is 0 Å². The van der Waals surface area contributed by atoms with E-state index in [1.165, 1.54) is 25.5 Å². The molecule has 7 heteroatoms. The van der Waals surface area contributed by atoms with E-state index in [0.29, 0.717) is 11.8 Å². The van der Waals surface area contributed by atoms with Crippen LogP contribution < -0.4 is 5.32 Å². The lowest BCUT2D eigenvalue weighted by atomic mass is 9.84. The molecule has 1 heterocycles. The third-order valence-corrected chi connectivity index (χ3v) is 5.06. The lowest BCUT2D eigenvalue weighted by Gasteiger charge is -2.28. The van der Waals surface area contributed by atoms with Crippen LogP contribution in [-0.2, 0) is 17.5 Å². The Morgan fingerprint density at radius 2 is 2.23 bits per heavy atom. The van der Waals surface area contributed by atoms with E-state index in [1.54, 1.807) is 0 Å². The summed E-state index contributed by atoms with van der Waals surface area (Å²) in [6, 6.07) is 0.951. The third kappa shape index (κ3) is 3.13. The second kappa shape index (κ2) is 5.59. The minimum atomic E-state index is -4.47. The fraction of sp³-hybridized carbons (Fsp3) is 0.733. The highest BCUT2D eigenvalue weighted by atomic mass is 19.4. The molecule has 0 aliphatic heterocycles. The minimum absolute atomic E-state index is 0.0699. The summed E-state index contributed by atoms with van der Waals surface area (Å²) in [5.74, 6) is 1.72. The average Bonchev–Trinajstić information content (AvgIpc) is 3.12. The molecule has 2 bridgehead atoms. The molecule has 4 atom stereocenters. The zero-order chi connectivity index (χ0) is 15.9. The van der Waals surface area contributed by atoms with E-state index in [4.69, 9.17) is 0 Å². The number of alkyl halides is 3. The predicted octanol–water partition coefficient (Wildman–Crippen LogP) is 2.84. The first-order valence-electron chi connectivity index (χ1n) is 7.73. The summed E-state index contributed by atoms with van der Waals surface area (Å²) >= 11 is 0. The molecular formula is C15H20F3N3O. The molecule has 0 aromatic carbocycles. The second-order valence-electron chi connectivity index (χ2n) is 6.59. The maximum absolute atomic E-state index is 12.5. The van der Waals surface area contributed by atoms with Gasteiger partial charge in [-0.05, 0) is 50.0 Å². The number of hydrogen-bond acceptors (Lipinski definition) is 2. The van der Waals surface area contributed by atoms with Crippen molar-refractivity contribution < 1.29 is 18.0 Å². The molecule has 122 valence electrons. The molecule has 2 aliphatic rings. The van der Waals surface area contributed by atoms with Crippen LogP contribution in [-0.4, -0.2) is 21.7 Å². The Morgan fingerprint density at radius 3 is 2.77 bits per heavy atom. The Labute approximate surface area is 127 Å². The van der Waals surface area contributed by atoms with Gasteiger partial charge >= 0.3 is 6.18 Å². The highest BCUT2D eigenvalue weighted by Crippen LogP contribution is 2.49. The summed E-state index contributed by atoms with van der Waals surface area (Å²) in [6.07, 6.45) is 1.67. The Kier molecular flexibility index (Phi) is 3.91. The second-order valence-corrected chi connectivity index (χ2v) is 6.59. The number of hydrogen-bond donors (Lipinski definition) is 1. The molecule has 22 heavy (non-hydrogen) atoms. The Hall–Kier alpha value is -1.53. The first kappa shape index (κ1) is 15.4. The quantitative estimate of drug-likeness (QED) is 0.929. The zero-order valence-corrected chi connectivity index (χ0v) is 12.4. The van der Waals surface area contributed by atoms with Crippen LogP contribution in [0.4, 0.5) is 13.2 Å².